The first kappa shape index (κ1) is 36.0. The Labute approximate surface area is 339 Å². The van der Waals surface area contributed by atoms with Crippen LogP contribution in [-0.4, -0.2) is 30.9 Å². The molecule has 8 heteroatoms. The summed E-state index contributed by atoms with van der Waals surface area (Å²) in [6.45, 7) is 14.7. The molecule has 58 heavy (non-hydrogen) atoms. The number of benzene rings is 3. The molecular weight excluding hydrogens is 719 g/mol. The lowest BCUT2D eigenvalue weighted by molar-refractivity contribution is 0.524. The Balaban J connectivity index is 1.30. The maximum Gasteiger partial charge on any atom is 0.535 e. The molecule has 0 saturated heterocycles. The number of aryl methyl sites for hydroxylation is 9. The fourth-order valence-electron chi connectivity index (χ4n) is 10.5. The van der Waals surface area contributed by atoms with Gasteiger partial charge in [0.15, 0.2) is 0 Å². The highest BCUT2D eigenvalue weighted by Crippen LogP contribution is 2.48. The zero-order valence-corrected chi connectivity index (χ0v) is 34.5. The van der Waals surface area contributed by atoms with E-state index in [4.69, 9.17) is 0 Å². The predicted octanol–water partition coefficient (Wildman–Crippen LogP) is 11.8. The fraction of sp³-hybridized carbons (Fsp3) is 0.180. The number of aromatic nitrogens is 5. The van der Waals surface area contributed by atoms with Gasteiger partial charge in [0, 0.05) is 69.0 Å². The molecule has 3 aromatic carbocycles. The molecule has 0 amide bonds. The maximum absolute atomic E-state index is 18.0. The Morgan fingerprint density at radius 2 is 0.707 bits per heavy atom. The minimum atomic E-state index is -4.38. The van der Waals surface area contributed by atoms with Gasteiger partial charge < -0.3 is 32.5 Å². The van der Waals surface area contributed by atoms with E-state index >= 15 is 8.63 Å². The van der Waals surface area contributed by atoms with Crippen molar-refractivity contribution < 1.29 is 8.63 Å². The molecule has 7 heterocycles. The summed E-state index contributed by atoms with van der Waals surface area (Å²) in [4.78, 5) is 11.2. The van der Waals surface area contributed by atoms with Crippen molar-refractivity contribution >= 4 is 6.97 Å². The van der Waals surface area contributed by atoms with Gasteiger partial charge in [0.25, 0.3) is 0 Å². The van der Waals surface area contributed by atoms with Crippen molar-refractivity contribution in [3.63, 3.8) is 0 Å². The first-order valence-electron chi connectivity index (χ1n) is 20.1. The molecule has 0 atom stereocenters. The topological polar surface area (TPSA) is 57.2 Å². The summed E-state index contributed by atoms with van der Waals surface area (Å²) in [5, 5.41) is 0. The second kappa shape index (κ2) is 12.5. The highest BCUT2D eigenvalue weighted by atomic mass is 19.2. The van der Waals surface area contributed by atoms with Crippen LogP contribution in [-0.2, 0) is 0 Å². The molecule has 0 unspecified atom stereocenters. The lowest BCUT2D eigenvalue weighted by Gasteiger charge is -2.40. The quantitative estimate of drug-likeness (QED) is 0.119. The summed E-state index contributed by atoms with van der Waals surface area (Å²) < 4.78 is 38.5. The van der Waals surface area contributed by atoms with Crippen LogP contribution < -0.4 is 0 Å². The first-order chi connectivity index (χ1) is 27.7. The highest BCUT2D eigenvalue weighted by Gasteiger charge is 2.48. The van der Waals surface area contributed by atoms with E-state index in [9.17, 15) is 0 Å². The highest BCUT2D eigenvalue weighted by molar-refractivity contribution is 6.64. The molecular formula is C50H46BF2N5+2. The van der Waals surface area contributed by atoms with E-state index in [0.717, 1.165) is 96.2 Å². The Morgan fingerprint density at radius 3 is 1.07 bits per heavy atom. The Kier molecular flexibility index (Phi) is 7.78. The second-order valence-electron chi connectivity index (χ2n) is 16.8. The average molecular weight is 766 g/mol. The molecule has 5 nitrogen and oxygen atoms in total. The lowest BCUT2D eigenvalue weighted by atomic mass is 9.79. The third kappa shape index (κ3) is 5.16. The summed E-state index contributed by atoms with van der Waals surface area (Å²) in [6, 6.07) is 32.9. The van der Waals surface area contributed by atoms with E-state index in [-0.39, 0.29) is 0 Å². The molecule has 5 aromatic heterocycles. The van der Waals surface area contributed by atoms with Gasteiger partial charge in [-0.3, -0.25) is 0 Å². The van der Waals surface area contributed by atoms with Crippen molar-refractivity contribution in [1.29, 1.82) is 0 Å². The summed E-state index contributed by atoms with van der Waals surface area (Å²) >= 11 is 0. The van der Waals surface area contributed by atoms with Gasteiger partial charge in [-0.25, -0.2) is 0 Å². The van der Waals surface area contributed by atoms with Gasteiger partial charge in [-0.1, -0.05) is 0 Å². The minimum Gasteiger partial charge on any atom is -0.437 e. The van der Waals surface area contributed by atoms with Gasteiger partial charge in [-0.05, 0) is 140 Å². The third-order valence-electron chi connectivity index (χ3n) is 12.4. The van der Waals surface area contributed by atoms with E-state index in [1.807, 2.05) is 48.5 Å². The monoisotopic (exact) mass is 765 g/mol. The molecule has 0 aliphatic carbocycles. The van der Waals surface area contributed by atoms with Crippen LogP contribution in [0.1, 0.15) is 101 Å². The van der Waals surface area contributed by atoms with Gasteiger partial charge in [0.05, 0.1) is 51.6 Å². The van der Waals surface area contributed by atoms with E-state index in [2.05, 4.69) is 126 Å². The summed E-state index contributed by atoms with van der Waals surface area (Å²) in [5.74, 6) is 2.77. The molecule has 8 aromatic rings. The van der Waals surface area contributed by atoms with Gasteiger partial charge in [-0.15, -0.1) is 0 Å². The SMILES string of the molecule is Cc1cc(C)c([C+]2c3ccc([nH]3)-c3ccc4n3[B-](F)(F)n3c(ccc3[C+]4c3c(C)cc(C)cc3C)-c3ccc([nH]3)[C+](c3c(C)cc(C)cc3C)c3ccc2[nH]3)c(C)c1. The molecule has 8 bridgehead atoms. The van der Waals surface area contributed by atoms with Crippen molar-refractivity contribution in [3.8, 4) is 22.8 Å². The van der Waals surface area contributed by atoms with Crippen molar-refractivity contribution in [2.24, 2.45) is 0 Å². The van der Waals surface area contributed by atoms with Crippen LogP contribution in [0.25, 0.3) is 22.8 Å². The van der Waals surface area contributed by atoms with Crippen LogP contribution in [0.15, 0.2) is 97.1 Å². The van der Waals surface area contributed by atoms with E-state index in [0.29, 0.717) is 34.2 Å². The van der Waals surface area contributed by atoms with Gasteiger partial charge in [0.1, 0.15) is 40.5 Å². The second-order valence-corrected chi connectivity index (χ2v) is 16.8. The van der Waals surface area contributed by atoms with Crippen molar-refractivity contribution in [3.05, 3.63) is 216 Å². The number of aromatic amines is 3. The summed E-state index contributed by atoms with van der Waals surface area (Å²) in [6.07, 6.45) is 0. The van der Waals surface area contributed by atoms with Crippen LogP contribution in [0.5, 0.6) is 0 Å². The summed E-state index contributed by atoms with van der Waals surface area (Å²) in [5.41, 5.74) is 20.0. The number of hydrogen-bond donors (Lipinski definition) is 3. The Bertz CT molecular complexity index is 2730. The zero-order chi connectivity index (χ0) is 40.5. The molecule has 0 saturated carbocycles. The van der Waals surface area contributed by atoms with Crippen LogP contribution in [0.2, 0.25) is 0 Å². The number of nitrogens with one attached hydrogen (secondary N) is 3. The van der Waals surface area contributed by atoms with Crippen molar-refractivity contribution in [2.75, 3.05) is 0 Å². The minimum absolute atomic E-state index is 0.431. The van der Waals surface area contributed by atoms with E-state index in [1.54, 1.807) is 0 Å². The normalized spacial score (nSPS) is 14.2. The molecule has 0 fully saturated rings. The molecule has 0 spiro atoms. The summed E-state index contributed by atoms with van der Waals surface area (Å²) in [7, 11) is 0. The molecule has 0 radical (unpaired) electrons. The van der Waals surface area contributed by atoms with Crippen molar-refractivity contribution in [1.82, 2.24) is 23.9 Å². The van der Waals surface area contributed by atoms with E-state index in [1.165, 1.54) is 20.1 Å². The predicted molar refractivity (Wildman–Crippen MR) is 232 cm³/mol. The molecule has 10 rings (SSSR count). The van der Waals surface area contributed by atoms with Gasteiger partial charge >= 0.3 is 6.97 Å². The Hall–Kier alpha value is -6.41. The maximum atomic E-state index is 18.0. The fourth-order valence-corrected chi connectivity index (χ4v) is 10.5. The first-order valence-corrected chi connectivity index (χ1v) is 20.1. The molecule has 3 N–H and O–H groups in total. The molecule has 286 valence electrons. The van der Waals surface area contributed by atoms with Gasteiger partial charge in [0.2, 0.25) is 0 Å². The number of nitrogens with zero attached hydrogens (tertiary/aromatic N) is 2. The lowest BCUT2D eigenvalue weighted by Crippen LogP contribution is -2.49. The number of rotatable bonds is 3. The largest absolute Gasteiger partial charge is 0.535 e. The Morgan fingerprint density at radius 1 is 0.397 bits per heavy atom. The van der Waals surface area contributed by atoms with Gasteiger partial charge in [-0.2, -0.15) is 0 Å². The number of fused-ring (bicyclic) bond motifs is 8. The number of H-pyrrole nitrogens is 3. The van der Waals surface area contributed by atoms with Crippen LogP contribution in [0.4, 0.5) is 8.63 Å². The molecule has 2 aliphatic heterocycles. The average Bonchev–Trinajstić information content (AvgIpc) is 3.98. The van der Waals surface area contributed by atoms with Crippen LogP contribution in [0.3, 0.4) is 0 Å². The van der Waals surface area contributed by atoms with Crippen molar-refractivity contribution in [2.45, 2.75) is 62.3 Å². The smallest absolute Gasteiger partial charge is 0.437 e. The zero-order valence-electron chi connectivity index (χ0n) is 34.5. The van der Waals surface area contributed by atoms with Crippen LogP contribution in [0, 0.1) is 80.1 Å². The number of halogens is 2. The van der Waals surface area contributed by atoms with Crippen LogP contribution >= 0.6 is 0 Å². The standard InChI is InChI=1S/C50H46BF2N5/c1-26-20-29(4)45(30(5)21-26)48-37-12-10-35(54-37)41-16-18-43-50(47-33(8)24-28(3)25-34(47)9)44-19-17-42(58(44)51(52,53)57(41)43)36-11-13-38(55-36)49(40-15-14-39(48)56-40)46-31(6)22-27(2)23-32(46)7/h10-25,54-56H,1-9H3/q+2. The van der Waals surface area contributed by atoms with E-state index < -0.39 is 6.97 Å². The number of hydrogen-bond acceptors (Lipinski definition) is 0. The third-order valence-corrected chi connectivity index (χ3v) is 12.4. The molecule has 2 aliphatic rings.